The molecule has 2 N–H and O–H groups in total. The molecule has 1 aromatic heterocycles. The summed E-state index contributed by atoms with van der Waals surface area (Å²) >= 11 is 0. The first-order chi connectivity index (χ1) is 12.1. The van der Waals surface area contributed by atoms with E-state index in [0.29, 0.717) is 17.7 Å². The summed E-state index contributed by atoms with van der Waals surface area (Å²) in [6.07, 6.45) is 4.14. The molecule has 1 amide bonds. The van der Waals surface area contributed by atoms with Crippen LogP contribution in [0.2, 0.25) is 0 Å². The third-order valence-electron chi connectivity index (χ3n) is 4.64. The Bertz CT molecular complexity index is 747. The molecular formula is C18H22FN3O3. The number of halogens is 1. The molecule has 1 saturated carbocycles. The molecule has 25 heavy (non-hydrogen) atoms. The van der Waals surface area contributed by atoms with Gasteiger partial charge in [0.2, 0.25) is 11.8 Å². The maximum absolute atomic E-state index is 13.7. The van der Waals surface area contributed by atoms with Gasteiger partial charge in [-0.05, 0) is 37.3 Å². The number of hydrogen-bond donors (Lipinski definition) is 2. The summed E-state index contributed by atoms with van der Waals surface area (Å²) in [5, 5.41) is 20.0. The van der Waals surface area contributed by atoms with Crippen molar-refractivity contribution in [2.24, 2.45) is 5.92 Å². The number of nitrogens with zero attached hydrogens (tertiary/aromatic N) is 2. The SMILES string of the molecule is CCc1nnc(C[C@@H]2CC[C@H](NC(=O)c3ccc(CO)c(F)c3)C2)o1. The fourth-order valence-corrected chi connectivity index (χ4v) is 3.24. The lowest BCUT2D eigenvalue weighted by Crippen LogP contribution is -2.33. The molecule has 1 aliphatic rings. The highest BCUT2D eigenvalue weighted by Gasteiger charge is 2.27. The van der Waals surface area contributed by atoms with Crippen molar-refractivity contribution in [3.8, 4) is 0 Å². The Balaban J connectivity index is 1.53. The minimum Gasteiger partial charge on any atom is -0.425 e. The topological polar surface area (TPSA) is 88.2 Å². The summed E-state index contributed by atoms with van der Waals surface area (Å²) in [4.78, 5) is 12.3. The molecule has 1 heterocycles. The summed E-state index contributed by atoms with van der Waals surface area (Å²) in [6.45, 7) is 1.59. The fourth-order valence-electron chi connectivity index (χ4n) is 3.24. The first-order valence-corrected chi connectivity index (χ1v) is 8.60. The predicted molar refractivity (Wildman–Crippen MR) is 88.3 cm³/mol. The number of benzene rings is 1. The van der Waals surface area contributed by atoms with E-state index in [-0.39, 0.29) is 29.7 Å². The van der Waals surface area contributed by atoms with Gasteiger partial charge < -0.3 is 14.8 Å². The van der Waals surface area contributed by atoms with Gasteiger partial charge in [-0.3, -0.25) is 4.79 Å². The number of carbonyl (C=O) groups is 1. The van der Waals surface area contributed by atoms with Crippen LogP contribution in [0.3, 0.4) is 0 Å². The number of nitrogens with one attached hydrogen (secondary N) is 1. The minimum atomic E-state index is -0.567. The Labute approximate surface area is 145 Å². The third-order valence-corrected chi connectivity index (χ3v) is 4.64. The summed E-state index contributed by atoms with van der Waals surface area (Å²) in [7, 11) is 0. The number of rotatable bonds is 6. The van der Waals surface area contributed by atoms with Crippen molar-refractivity contribution in [2.75, 3.05) is 0 Å². The maximum atomic E-state index is 13.7. The number of aliphatic hydroxyl groups is 1. The first kappa shape index (κ1) is 17.5. The summed E-state index contributed by atoms with van der Waals surface area (Å²) < 4.78 is 19.2. The van der Waals surface area contributed by atoms with Crippen molar-refractivity contribution in [3.63, 3.8) is 0 Å². The zero-order chi connectivity index (χ0) is 17.8. The number of hydrogen-bond acceptors (Lipinski definition) is 5. The van der Waals surface area contributed by atoms with Gasteiger partial charge in [0, 0.05) is 30.0 Å². The third kappa shape index (κ3) is 4.22. The van der Waals surface area contributed by atoms with Crippen LogP contribution in [0, 0.1) is 11.7 Å². The average molecular weight is 347 g/mol. The lowest BCUT2D eigenvalue weighted by Gasteiger charge is -2.13. The van der Waals surface area contributed by atoms with Crippen LogP contribution in [0.25, 0.3) is 0 Å². The number of aryl methyl sites for hydroxylation is 1. The van der Waals surface area contributed by atoms with Crippen molar-refractivity contribution in [3.05, 3.63) is 46.9 Å². The number of aliphatic hydroxyl groups excluding tert-OH is 1. The van der Waals surface area contributed by atoms with Crippen LogP contribution >= 0.6 is 0 Å². The summed E-state index contributed by atoms with van der Waals surface area (Å²) in [5.41, 5.74) is 0.450. The molecule has 1 aliphatic carbocycles. The lowest BCUT2D eigenvalue weighted by atomic mass is 10.0. The molecule has 0 spiro atoms. The van der Waals surface area contributed by atoms with Crippen molar-refractivity contribution in [1.82, 2.24) is 15.5 Å². The molecule has 0 aliphatic heterocycles. The van der Waals surface area contributed by atoms with Gasteiger partial charge in [-0.25, -0.2) is 4.39 Å². The van der Waals surface area contributed by atoms with Gasteiger partial charge in [-0.1, -0.05) is 13.0 Å². The Morgan fingerprint density at radius 2 is 2.16 bits per heavy atom. The summed E-state index contributed by atoms with van der Waals surface area (Å²) in [6, 6.07) is 4.19. The van der Waals surface area contributed by atoms with Crippen LogP contribution in [0.4, 0.5) is 4.39 Å². The van der Waals surface area contributed by atoms with Crippen molar-refractivity contribution < 1.29 is 18.7 Å². The molecule has 0 unspecified atom stereocenters. The average Bonchev–Trinajstić information content (AvgIpc) is 3.24. The van der Waals surface area contributed by atoms with Crippen molar-refractivity contribution in [2.45, 2.75) is 51.7 Å². The summed E-state index contributed by atoms with van der Waals surface area (Å²) in [5.74, 6) is 0.827. The molecule has 0 radical (unpaired) electrons. The molecular weight excluding hydrogens is 325 g/mol. The van der Waals surface area contributed by atoms with E-state index < -0.39 is 5.82 Å². The van der Waals surface area contributed by atoms with Crippen LogP contribution in [0.5, 0.6) is 0 Å². The molecule has 2 aromatic rings. The van der Waals surface area contributed by atoms with E-state index in [0.717, 1.165) is 38.2 Å². The Morgan fingerprint density at radius 3 is 2.84 bits per heavy atom. The molecule has 2 atom stereocenters. The van der Waals surface area contributed by atoms with Crippen LogP contribution in [0.15, 0.2) is 22.6 Å². The molecule has 134 valence electrons. The second-order valence-corrected chi connectivity index (χ2v) is 6.46. The van der Waals surface area contributed by atoms with E-state index in [2.05, 4.69) is 15.5 Å². The van der Waals surface area contributed by atoms with Gasteiger partial charge in [-0.2, -0.15) is 0 Å². The standard InChI is InChI=1S/C18H22FN3O3/c1-2-16-21-22-17(25-16)8-11-3-6-14(7-11)20-18(24)12-4-5-13(10-23)15(19)9-12/h4-5,9,11,14,23H,2-3,6-8,10H2,1H3,(H,20,24)/t11-,14+/m1/s1. The zero-order valence-corrected chi connectivity index (χ0v) is 14.2. The predicted octanol–water partition coefficient (Wildman–Crippen LogP) is 2.40. The monoisotopic (exact) mass is 347 g/mol. The Kier molecular flexibility index (Phi) is 5.43. The molecule has 3 rings (SSSR count). The molecule has 1 fully saturated rings. The van der Waals surface area contributed by atoms with Crippen LogP contribution in [-0.4, -0.2) is 27.3 Å². The normalized spacial score (nSPS) is 20.0. The van der Waals surface area contributed by atoms with Crippen LogP contribution < -0.4 is 5.32 Å². The van der Waals surface area contributed by atoms with Gasteiger partial charge in [0.1, 0.15) is 5.82 Å². The van der Waals surface area contributed by atoms with E-state index in [1.807, 2.05) is 6.92 Å². The fraction of sp³-hybridized carbons (Fsp3) is 0.500. The van der Waals surface area contributed by atoms with Crippen molar-refractivity contribution in [1.29, 1.82) is 0 Å². The number of aromatic nitrogens is 2. The van der Waals surface area contributed by atoms with Gasteiger partial charge in [0.05, 0.1) is 6.61 Å². The molecule has 0 saturated heterocycles. The van der Waals surface area contributed by atoms with E-state index in [4.69, 9.17) is 9.52 Å². The maximum Gasteiger partial charge on any atom is 0.251 e. The zero-order valence-electron chi connectivity index (χ0n) is 14.2. The smallest absolute Gasteiger partial charge is 0.251 e. The van der Waals surface area contributed by atoms with Crippen LogP contribution in [-0.2, 0) is 19.4 Å². The van der Waals surface area contributed by atoms with E-state index in [9.17, 15) is 9.18 Å². The Hall–Kier alpha value is -2.28. The Morgan fingerprint density at radius 1 is 1.36 bits per heavy atom. The first-order valence-electron chi connectivity index (χ1n) is 8.60. The van der Waals surface area contributed by atoms with Gasteiger partial charge in [0.25, 0.3) is 5.91 Å². The molecule has 7 heteroatoms. The highest BCUT2D eigenvalue weighted by Crippen LogP contribution is 2.28. The highest BCUT2D eigenvalue weighted by molar-refractivity contribution is 5.94. The molecule has 0 bridgehead atoms. The quantitative estimate of drug-likeness (QED) is 0.838. The highest BCUT2D eigenvalue weighted by atomic mass is 19.1. The largest absolute Gasteiger partial charge is 0.425 e. The van der Waals surface area contributed by atoms with E-state index in [1.54, 1.807) is 0 Å². The van der Waals surface area contributed by atoms with Gasteiger partial charge >= 0.3 is 0 Å². The molecule has 6 nitrogen and oxygen atoms in total. The lowest BCUT2D eigenvalue weighted by molar-refractivity contribution is 0.0936. The van der Waals surface area contributed by atoms with Gasteiger partial charge in [0.15, 0.2) is 0 Å². The van der Waals surface area contributed by atoms with E-state index >= 15 is 0 Å². The van der Waals surface area contributed by atoms with Gasteiger partial charge in [-0.15, -0.1) is 10.2 Å². The second-order valence-electron chi connectivity index (χ2n) is 6.46. The number of amides is 1. The second kappa shape index (κ2) is 7.74. The van der Waals surface area contributed by atoms with Crippen molar-refractivity contribution >= 4 is 5.91 Å². The molecule has 1 aromatic carbocycles. The van der Waals surface area contributed by atoms with Crippen LogP contribution in [0.1, 0.15) is 53.9 Å². The number of carbonyl (C=O) groups excluding carboxylic acids is 1. The van der Waals surface area contributed by atoms with E-state index in [1.165, 1.54) is 12.1 Å². The minimum absolute atomic E-state index is 0.0617.